The van der Waals surface area contributed by atoms with E-state index in [9.17, 15) is 0 Å². The van der Waals surface area contributed by atoms with Crippen LogP contribution in [-0.4, -0.2) is 47.1 Å². The standard InChI is InChI=1S/C20H27N3O3S/c1-24-18-10-6-5-9-17(18)19-21-22-20(23(19)15-7-3-2-4-8-15)27-13-16-11-12-25-14-26-16/h5-6,9-10,15-16H,2-4,7-8,11-14H2,1H3. The van der Waals surface area contributed by atoms with E-state index in [2.05, 4.69) is 20.8 Å². The summed E-state index contributed by atoms with van der Waals surface area (Å²) in [6.07, 6.45) is 7.37. The summed E-state index contributed by atoms with van der Waals surface area (Å²) in [6.45, 7) is 1.17. The summed E-state index contributed by atoms with van der Waals surface area (Å²) in [5.41, 5.74) is 1.01. The van der Waals surface area contributed by atoms with Crippen LogP contribution in [0.4, 0.5) is 0 Å². The number of methoxy groups -OCH3 is 1. The van der Waals surface area contributed by atoms with Gasteiger partial charge in [0.1, 0.15) is 12.5 Å². The Morgan fingerprint density at radius 2 is 2.00 bits per heavy atom. The van der Waals surface area contributed by atoms with Gasteiger partial charge in [-0.3, -0.25) is 4.57 Å². The van der Waals surface area contributed by atoms with Gasteiger partial charge in [-0.2, -0.15) is 0 Å². The largest absolute Gasteiger partial charge is 0.496 e. The zero-order valence-corrected chi connectivity index (χ0v) is 16.6. The van der Waals surface area contributed by atoms with E-state index in [-0.39, 0.29) is 6.10 Å². The Hall–Kier alpha value is -1.57. The number of rotatable bonds is 6. The number of aromatic nitrogens is 3. The highest BCUT2D eigenvalue weighted by Gasteiger charge is 2.26. The first-order valence-electron chi connectivity index (χ1n) is 9.77. The summed E-state index contributed by atoms with van der Waals surface area (Å²) in [4.78, 5) is 0. The van der Waals surface area contributed by atoms with E-state index in [0.29, 0.717) is 12.8 Å². The first-order valence-corrected chi connectivity index (χ1v) is 10.8. The molecule has 7 heteroatoms. The monoisotopic (exact) mass is 389 g/mol. The average molecular weight is 390 g/mol. The SMILES string of the molecule is COc1ccccc1-c1nnc(SCC2CCOCO2)n1C1CCCCC1. The second kappa shape index (κ2) is 9.08. The lowest BCUT2D eigenvalue weighted by molar-refractivity contribution is -0.130. The van der Waals surface area contributed by atoms with Gasteiger partial charge in [-0.25, -0.2) is 0 Å². The topological polar surface area (TPSA) is 58.4 Å². The van der Waals surface area contributed by atoms with Gasteiger partial charge in [-0.15, -0.1) is 10.2 Å². The minimum absolute atomic E-state index is 0.218. The Labute approximate surface area is 164 Å². The lowest BCUT2D eigenvalue weighted by Gasteiger charge is -2.26. The highest BCUT2D eigenvalue weighted by Crippen LogP contribution is 2.38. The minimum atomic E-state index is 0.218. The Kier molecular flexibility index (Phi) is 6.32. The van der Waals surface area contributed by atoms with Crippen molar-refractivity contribution in [2.45, 2.75) is 55.8 Å². The Morgan fingerprint density at radius 3 is 2.78 bits per heavy atom. The van der Waals surface area contributed by atoms with Gasteiger partial charge in [0.15, 0.2) is 11.0 Å². The lowest BCUT2D eigenvalue weighted by Crippen LogP contribution is -2.26. The normalized spacial score (nSPS) is 21.3. The molecule has 2 aliphatic rings. The number of ether oxygens (including phenoxy) is 3. The van der Waals surface area contributed by atoms with E-state index in [1.54, 1.807) is 18.9 Å². The minimum Gasteiger partial charge on any atom is -0.496 e. The van der Waals surface area contributed by atoms with Crippen molar-refractivity contribution in [1.82, 2.24) is 14.8 Å². The fourth-order valence-corrected chi connectivity index (χ4v) is 4.93. The van der Waals surface area contributed by atoms with Crippen LogP contribution in [0, 0.1) is 0 Å². The van der Waals surface area contributed by atoms with E-state index in [4.69, 9.17) is 14.2 Å². The van der Waals surface area contributed by atoms with Gasteiger partial charge >= 0.3 is 0 Å². The number of benzene rings is 1. The zero-order chi connectivity index (χ0) is 18.5. The molecule has 0 bridgehead atoms. The van der Waals surface area contributed by atoms with Crippen LogP contribution >= 0.6 is 11.8 Å². The van der Waals surface area contributed by atoms with Gasteiger partial charge in [0.05, 0.1) is 25.4 Å². The van der Waals surface area contributed by atoms with Crippen molar-refractivity contribution < 1.29 is 14.2 Å². The summed E-state index contributed by atoms with van der Waals surface area (Å²) < 4.78 is 18.9. The van der Waals surface area contributed by atoms with Crippen molar-refractivity contribution in [1.29, 1.82) is 0 Å². The number of nitrogens with zero attached hydrogens (tertiary/aromatic N) is 3. The van der Waals surface area contributed by atoms with Gasteiger partial charge in [0, 0.05) is 11.8 Å². The second-order valence-electron chi connectivity index (χ2n) is 7.08. The molecule has 2 aromatic rings. The lowest BCUT2D eigenvalue weighted by atomic mass is 9.95. The second-order valence-corrected chi connectivity index (χ2v) is 8.07. The molecule has 146 valence electrons. The molecule has 27 heavy (non-hydrogen) atoms. The molecular formula is C20H27N3O3S. The summed E-state index contributed by atoms with van der Waals surface area (Å²) in [5, 5.41) is 10.1. The molecule has 0 N–H and O–H groups in total. The molecule has 2 heterocycles. The predicted octanol–water partition coefficient (Wildman–Crippen LogP) is 4.31. The average Bonchev–Trinajstić information content (AvgIpc) is 3.17. The highest BCUT2D eigenvalue weighted by molar-refractivity contribution is 7.99. The van der Waals surface area contributed by atoms with Crippen LogP contribution in [-0.2, 0) is 9.47 Å². The first-order chi connectivity index (χ1) is 13.4. The molecule has 1 saturated carbocycles. The number of hydrogen-bond donors (Lipinski definition) is 0. The fourth-order valence-electron chi connectivity index (χ4n) is 3.86. The molecule has 1 saturated heterocycles. The molecular weight excluding hydrogens is 362 g/mol. The van der Waals surface area contributed by atoms with Crippen LogP contribution in [0.3, 0.4) is 0 Å². The van der Waals surface area contributed by atoms with Crippen molar-refractivity contribution in [2.24, 2.45) is 0 Å². The zero-order valence-electron chi connectivity index (χ0n) is 15.8. The summed E-state index contributed by atoms with van der Waals surface area (Å²) in [7, 11) is 1.71. The number of thioether (sulfide) groups is 1. The molecule has 1 unspecified atom stereocenters. The van der Waals surface area contributed by atoms with Gasteiger partial charge < -0.3 is 14.2 Å². The third-order valence-electron chi connectivity index (χ3n) is 5.32. The molecule has 1 aliphatic carbocycles. The van der Waals surface area contributed by atoms with Crippen molar-refractivity contribution in [3.05, 3.63) is 24.3 Å². The van der Waals surface area contributed by atoms with Crippen molar-refractivity contribution in [3.63, 3.8) is 0 Å². The molecule has 1 aromatic carbocycles. The van der Waals surface area contributed by atoms with Crippen molar-refractivity contribution in [2.75, 3.05) is 26.3 Å². The van der Waals surface area contributed by atoms with Crippen LogP contribution in [0.25, 0.3) is 11.4 Å². The van der Waals surface area contributed by atoms with Gasteiger partial charge in [0.2, 0.25) is 0 Å². The first kappa shape index (κ1) is 18.8. The van der Waals surface area contributed by atoms with E-state index < -0.39 is 0 Å². The van der Waals surface area contributed by atoms with Gasteiger partial charge in [-0.1, -0.05) is 43.2 Å². The third kappa shape index (κ3) is 4.31. The molecule has 6 nitrogen and oxygen atoms in total. The van der Waals surface area contributed by atoms with Crippen LogP contribution < -0.4 is 4.74 Å². The Balaban J connectivity index is 1.63. The third-order valence-corrected chi connectivity index (χ3v) is 6.40. The van der Waals surface area contributed by atoms with E-state index in [1.165, 1.54) is 32.1 Å². The molecule has 1 aliphatic heterocycles. The highest BCUT2D eigenvalue weighted by atomic mass is 32.2. The van der Waals surface area contributed by atoms with Crippen LogP contribution in [0.2, 0.25) is 0 Å². The van der Waals surface area contributed by atoms with Crippen LogP contribution in [0.1, 0.15) is 44.6 Å². The molecule has 2 fully saturated rings. The molecule has 0 spiro atoms. The smallest absolute Gasteiger partial charge is 0.191 e. The number of hydrogen-bond acceptors (Lipinski definition) is 6. The molecule has 4 rings (SSSR count). The van der Waals surface area contributed by atoms with E-state index in [1.807, 2.05) is 18.2 Å². The Morgan fingerprint density at radius 1 is 1.15 bits per heavy atom. The van der Waals surface area contributed by atoms with Crippen molar-refractivity contribution in [3.8, 4) is 17.1 Å². The van der Waals surface area contributed by atoms with E-state index in [0.717, 1.165) is 41.1 Å². The molecule has 0 radical (unpaired) electrons. The van der Waals surface area contributed by atoms with Gasteiger partial charge in [-0.05, 0) is 31.4 Å². The van der Waals surface area contributed by atoms with Crippen molar-refractivity contribution >= 4 is 11.8 Å². The van der Waals surface area contributed by atoms with Crippen LogP contribution in [0.15, 0.2) is 29.4 Å². The molecule has 0 amide bonds. The van der Waals surface area contributed by atoms with Gasteiger partial charge in [0.25, 0.3) is 0 Å². The van der Waals surface area contributed by atoms with Crippen LogP contribution in [0.5, 0.6) is 5.75 Å². The molecule has 1 atom stereocenters. The maximum absolute atomic E-state index is 5.69. The number of para-hydroxylation sites is 1. The Bertz CT molecular complexity index is 740. The molecule has 1 aromatic heterocycles. The maximum Gasteiger partial charge on any atom is 0.191 e. The summed E-state index contributed by atoms with van der Waals surface area (Å²) in [5.74, 6) is 2.63. The quantitative estimate of drug-likeness (QED) is 0.686. The predicted molar refractivity (Wildman–Crippen MR) is 105 cm³/mol. The fraction of sp³-hybridized carbons (Fsp3) is 0.600. The van der Waals surface area contributed by atoms with E-state index >= 15 is 0 Å². The maximum atomic E-state index is 5.69. The summed E-state index contributed by atoms with van der Waals surface area (Å²) >= 11 is 1.74. The summed E-state index contributed by atoms with van der Waals surface area (Å²) in [6, 6.07) is 8.52.